The van der Waals surface area contributed by atoms with Crippen LogP contribution in [-0.2, 0) is 9.59 Å². The molecule has 3 N–H and O–H groups in total. The molecular formula is C19H26N2O3. The van der Waals surface area contributed by atoms with E-state index in [1.54, 1.807) is 6.07 Å². The number of aryl methyl sites for hydroxylation is 1. The Morgan fingerprint density at radius 1 is 1.17 bits per heavy atom. The molecule has 0 aromatic heterocycles. The molecule has 2 amide bonds. The summed E-state index contributed by atoms with van der Waals surface area (Å²) in [6.07, 6.45) is 6.52. The fourth-order valence-corrected chi connectivity index (χ4v) is 3.30. The Morgan fingerprint density at radius 2 is 1.88 bits per heavy atom. The number of carbonyl (C=O) groups is 2. The first-order valence-electron chi connectivity index (χ1n) is 8.89. The maximum Gasteiger partial charge on any atom is 0.227 e. The number of nitrogens with one attached hydrogen (secondary N) is 2. The van der Waals surface area contributed by atoms with Crippen LogP contribution in [0.3, 0.4) is 0 Å². The van der Waals surface area contributed by atoms with Crippen LogP contribution in [0.2, 0.25) is 0 Å². The Kier molecular flexibility index (Phi) is 4.90. The zero-order valence-corrected chi connectivity index (χ0v) is 14.2. The fraction of sp³-hybridized carbons (Fsp3) is 0.579. The molecule has 2 aliphatic rings. The molecule has 0 radical (unpaired) electrons. The highest BCUT2D eigenvalue weighted by Gasteiger charge is 2.32. The number of aliphatic hydroxyl groups is 1. The van der Waals surface area contributed by atoms with E-state index >= 15 is 0 Å². The van der Waals surface area contributed by atoms with Crippen molar-refractivity contribution in [3.05, 3.63) is 23.8 Å². The van der Waals surface area contributed by atoms with Crippen LogP contribution in [-0.4, -0.2) is 22.5 Å². The maximum atomic E-state index is 12.3. The standard InChI is InChI=1S/C19H26N2O3/c1-13-5-8-15(20-18(23)14-6-7-14)11-16(13)21-17(22)12-19(24)9-3-2-4-10-19/h5,8,11,14,24H,2-4,6-7,9-10,12H2,1H3,(H,20,23)(H,21,22). The third kappa shape index (κ3) is 4.35. The van der Waals surface area contributed by atoms with E-state index < -0.39 is 5.60 Å². The summed E-state index contributed by atoms with van der Waals surface area (Å²) in [5.41, 5.74) is 1.45. The number of amides is 2. The number of benzene rings is 1. The summed E-state index contributed by atoms with van der Waals surface area (Å²) in [4.78, 5) is 24.2. The molecule has 2 aliphatic carbocycles. The Morgan fingerprint density at radius 3 is 2.54 bits per heavy atom. The lowest BCUT2D eigenvalue weighted by molar-refractivity contribution is -0.122. The molecule has 130 valence electrons. The summed E-state index contributed by atoms with van der Waals surface area (Å²) >= 11 is 0. The maximum absolute atomic E-state index is 12.3. The van der Waals surface area contributed by atoms with E-state index in [2.05, 4.69) is 10.6 Å². The highest BCUT2D eigenvalue weighted by molar-refractivity contribution is 5.96. The molecule has 0 atom stereocenters. The van der Waals surface area contributed by atoms with Crippen molar-refractivity contribution in [3.8, 4) is 0 Å². The van der Waals surface area contributed by atoms with Gasteiger partial charge in [-0.15, -0.1) is 0 Å². The second-order valence-corrected chi connectivity index (χ2v) is 7.30. The van der Waals surface area contributed by atoms with Crippen molar-refractivity contribution in [3.63, 3.8) is 0 Å². The van der Waals surface area contributed by atoms with Crippen LogP contribution < -0.4 is 10.6 Å². The first-order valence-corrected chi connectivity index (χ1v) is 8.89. The van der Waals surface area contributed by atoms with Crippen molar-refractivity contribution in [2.75, 3.05) is 10.6 Å². The number of hydrogen-bond donors (Lipinski definition) is 3. The summed E-state index contributed by atoms with van der Waals surface area (Å²) in [6.45, 7) is 1.91. The quantitative estimate of drug-likeness (QED) is 0.774. The number of hydrogen-bond acceptors (Lipinski definition) is 3. The fourth-order valence-electron chi connectivity index (χ4n) is 3.30. The van der Waals surface area contributed by atoms with E-state index in [1.807, 2.05) is 19.1 Å². The van der Waals surface area contributed by atoms with E-state index in [9.17, 15) is 14.7 Å². The summed E-state index contributed by atoms with van der Waals surface area (Å²) in [7, 11) is 0. The molecule has 0 unspecified atom stereocenters. The van der Waals surface area contributed by atoms with Crippen molar-refractivity contribution < 1.29 is 14.7 Å². The van der Waals surface area contributed by atoms with Gasteiger partial charge >= 0.3 is 0 Å². The van der Waals surface area contributed by atoms with Crippen LogP contribution in [0.25, 0.3) is 0 Å². The lowest BCUT2D eigenvalue weighted by atomic mass is 9.82. The first kappa shape index (κ1) is 17.0. The topological polar surface area (TPSA) is 78.4 Å². The molecule has 3 rings (SSSR count). The molecule has 5 heteroatoms. The van der Waals surface area contributed by atoms with Crippen molar-refractivity contribution in [1.82, 2.24) is 0 Å². The van der Waals surface area contributed by atoms with Gasteiger partial charge in [0.2, 0.25) is 11.8 Å². The van der Waals surface area contributed by atoms with E-state index in [0.717, 1.165) is 37.7 Å². The van der Waals surface area contributed by atoms with Gasteiger partial charge in [0.25, 0.3) is 0 Å². The Balaban J connectivity index is 1.62. The minimum Gasteiger partial charge on any atom is -0.389 e. The monoisotopic (exact) mass is 330 g/mol. The molecule has 0 saturated heterocycles. The van der Waals surface area contributed by atoms with Crippen LogP contribution in [0.5, 0.6) is 0 Å². The number of rotatable bonds is 5. The van der Waals surface area contributed by atoms with E-state index in [-0.39, 0.29) is 24.2 Å². The van der Waals surface area contributed by atoms with Gasteiger partial charge in [-0.3, -0.25) is 9.59 Å². The predicted molar refractivity (Wildman–Crippen MR) is 93.8 cm³/mol. The first-order chi connectivity index (χ1) is 11.5. The largest absolute Gasteiger partial charge is 0.389 e. The second-order valence-electron chi connectivity index (χ2n) is 7.30. The summed E-state index contributed by atoms with van der Waals surface area (Å²) in [5.74, 6) is 0.0192. The predicted octanol–water partition coefficient (Wildman–Crippen LogP) is 3.37. The highest BCUT2D eigenvalue weighted by Crippen LogP contribution is 2.32. The van der Waals surface area contributed by atoms with E-state index in [4.69, 9.17) is 0 Å². The van der Waals surface area contributed by atoms with Gasteiger partial charge in [0, 0.05) is 17.3 Å². The van der Waals surface area contributed by atoms with Crippen molar-refractivity contribution >= 4 is 23.2 Å². The third-order valence-electron chi connectivity index (χ3n) is 5.00. The molecule has 1 aromatic carbocycles. The summed E-state index contributed by atoms with van der Waals surface area (Å²) in [6, 6.07) is 5.52. The van der Waals surface area contributed by atoms with Crippen LogP contribution in [0, 0.1) is 12.8 Å². The molecule has 0 spiro atoms. The molecule has 1 aromatic rings. The number of carbonyl (C=O) groups excluding carboxylic acids is 2. The smallest absolute Gasteiger partial charge is 0.227 e. The Bertz CT molecular complexity index is 631. The van der Waals surface area contributed by atoms with Gasteiger partial charge in [0.15, 0.2) is 0 Å². The van der Waals surface area contributed by atoms with Crippen molar-refractivity contribution in [1.29, 1.82) is 0 Å². The average Bonchev–Trinajstić information content (AvgIpc) is 3.35. The van der Waals surface area contributed by atoms with Gasteiger partial charge in [-0.25, -0.2) is 0 Å². The molecule has 2 fully saturated rings. The molecule has 0 bridgehead atoms. The average molecular weight is 330 g/mol. The van der Waals surface area contributed by atoms with Gasteiger partial charge in [0.05, 0.1) is 12.0 Å². The van der Waals surface area contributed by atoms with E-state index in [1.165, 1.54) is 0 Å². The van der Waals surface area contributed by atoms with Gasteiger partial charge in [-0.2, -0.15) is 0 Å². The lowest BCUT2D eigenvalue weighted by Gasteiger charge is -2.31. The molecular weight excluding hydrogens is 304 g/mol. The van der Waals surface area contributed by atoms with Gasteiger partial charge in [-0.1, -0.05) is 25.3 Å². The zero-order chi connectivity index (χ0) is 17.2. The normalized spacial score (nSPS) is 19.6. The van der Waals surface area contributed by atoms with Gasteiger partial charge in [0.1, 0.15) is 0 Å². The zero-order valence-electron chi connectivity index (χ0n) is 14.2. The summed E-state index contributed by atoms with van der Waals surface area (Å²) in [5, 5.41) is 16.3. The van der Waals surface area contributed by atoms with Crippen LogP contribution in [0.15, 0.2) is 18.2 Å². The van der Waals surface area contributed by atoms with E-state index in [0.29, 0.717) is 24.2 Å². The van der Waals surface area contributed by atoms with Gasteiger partial charge < -0.3 is 15.7 Å². The number of anilines is 2. The van der Waals surface area contributed by atoms with Gasteiger partial charge in [-0.05, 0) is 50.3 Å². The second kappa shape index (κ2) is 6.93. The molecule has 2 saturated carbocycles. The summed E-state index contributed by atoms with van der Waals surface area (Å²) < 4.78 is 0. The molecule has 0 heterocycles. The highest BCUT2D eigenvalue weighted by atomic mass is 16.3. The minimum absolute atomic E-state index is 0.0487. The lowest BCUT2D eigenvalue weighted by Crippen LogP contribution is -2.36. The van der Waals surface area contributed by atoms with Crippen molar-refractivity contribution in [2.24, 2.45) is 5.92 Å². The van der Waals surface area contributed by atoms with Crippen LogP contribution in [0.1, 0.15) is 56.9 Å². The van der Waals surface area contributed by atoms with Crippen molar-refractivity contribution in [2.45, 2.75) is 63.9 Å². The Labute approximate surface area is 142 Å². The Hall–Kier alpha value is -1.88. The van der Waals surface area contributed by atoms with Crippen LogP contribution >= 0.6 is 0 Å². The molecule has 0 aliphatic heterocycles. The van der Waals surface area contributed by atoms with Crippen LogP contribution in [0.4, 0.5) is 11.4 Å². The minimum atomic E-state index is -0.867. The third-order valence-corrected chi connectivity index (χ3v) is 5.00. The molecule has 24 heavy (non-hydrogen) atoms. The molecule has 5 nitrogen and oxygen atoms in total. The SMILES string of the molecule is Cc1ccc(NC(=O)C2CC2)cc1NC(=O)CC1(O)CCCCC1.